The average Bonchev–Trinajstić information content (AvgIpc) is 2.90. The maximum atomic E-state index is 12.3. The second kappa shape index (κ2) is 17.6. The molecule has 0 radical (unpaired) electrons. The molecule has 0 saturated heterocycles. The maximum absolute atomic E-state index is 12.3. The molecule has 0 aliphatic heterocycles. The Morgan fingerprint density at radius 2 is 1.22 bits per heavy atom. The predicted octanol–water partition coefficient (Wildman–Crippen LogP) is 8.98. The Bertz CT molecular complexity index is 926. The van der Waals surface area contributed by atoms with Gasteiger partial charge in [0, 0.05) is 0 Å². The molecule has 4 heteroatoms. The van der Waals surface area contributed by atoms with Crippen LogP contribution in [0.15, 0.2) is 48.5 Å². The number of esters is 1. The Morgan fingerprint density at radius 3 is 1.70 bits per heavy atom. The molecule has 0 fully saturated rings. The Labute approximate surface area is 225 Å². The van der Waals surface area contributed by atoms with Crippen molar-refractivity contribution in [1.82, 2.24) is 0 Å². The van der Waals surface area contributed by atoms with Crippen LogP contribution < -0.4 is 4.74 Å². The van der Waals surface area contributed by atoms with Crippen molar-refractivity contribution in [2.45, 2.75) is 91.9 Å². The largest absolute Gasteiger partial charge is 0.494 e. The van der Waals surface area contributed by atoms with Gasteiger partial charge in [0.1, 0.15) is 5.75 Å². The zero-order valence-electron chi connectivity index (χ0n) is 23.5. The number of carbonyl (C=O) groups is 1. The summed E-state index contributed by atoms with van der Waals surface area (Å²) >= 11 is 0. The molecule has 1 atom stereocenters. The SMILES string of the molecule is CC(C)CC(C(=O)OCCCCCCCCCCCOc1ccc(-c2ccc(C#N)cc2)cc1)C(C)C. The molecule has 0 aromatic heterocycles. The summed E-state index contributed by atoms with van der Waals surface area (Å²) in [5.41, 5.74) is 2.90. The minimum absolute atomic E-state index is 0.00667. The van der Waals surface area contributed by atoms with Gasteiger partial charge in [0.2, 0.25) is 0 Å². The molecule has 4 nitrogen and oxygen atoms in total. The van der Waals surface area contributed by atoms with E-state index in [0.717, 1.165) is 49.2 Å². The van der Waals surface area contributed by atoms with E-state index < -0.39 is 0 Å². The summed E-state index contributed by atoms with van der Waals surface area (Å²) in [4.78, 5) is 12.3. The first-order chi connectivity index (χ1) is 17.9. The minimum atomic E-state index is -0.00667. The van der Waals surface area contributed by atoms with Crippen molar-refractivity contribution in [3.8, 4) is 22.9 Å². The first-order valence-electron chi connectivity index (χ1n) is 14.3. The van der Waals surface area contributed by atoms with Crippen molar-refractivity contribution >= 4 is 5.97 Å². The van der Waals surface area contributed by atoms with Crippen LogP contribution in [0, 0.1) is 29.1 Å². The molecule has 0 saturated carbocycles. The first kappa shape index (κ1) is 30.4. The van der Waals surface area contributed by atoms with E-state index in [1.165, 1.54) is 38.5 Å². The van der Waals surface area contributed by atoms with Gasteiger partial charge < -0.3 is 9.47 Å². The number of nitriles is 1. The van der Waals surface area contributed by atoms with Crippen LogP contribution in [-0.2, 0) is 9.53 Å². The summed E-state index contributed by atoms with van der Waals surface area (Å²) < 4.78 is 11.5. The number of rotatable bonds is 18. The highest BCUT2D eigenvalue weighted by atomic mass is 16.5. The van der Waals surface area contributed by atoms with Crippen LogP contribution >= 0.6 is 0 Å². The number of benzene rings is 2. The van der Waals surface area contributed by atoms with Gasteiger partial charge >= 0.3 is 5.97 Å². The van der Waals surface area contributed by atoms with Crippen molar-refractivity contribution in [2.75, 3.05) is 13.2 Å². The molecule has 37 heavy (non-hydrogen) atoms. The van der Waals surface area contributed by atoms with Gasteiger partial charge in [0.25, 0.3) is 0 Å². The highest BCUT2D eigenvalue weighted by molar-refractivity contribution is 5.72. The lowest BCUT2D eigenvalue weighted by Gasteiger charge is -2.21. The molecule has 1 unspecified atom stereocenters. The van der Waals surface area contributed by atoms with E-state index in [4.69, 9.17) is 14.7 Å². The van der Waals surface area contributed by atoms with Crippen LogP contribution in [0.1, 0.15) is 97.5 Å². The second-order valence-corrected chi connectivity index (χ2v) is 10.9. The van der Waals surface area contributed by atoms with Gasteiger partial charge in [-0.15, -0.1) is 0 Å². The fraction of sp³-hybridized carbons (Fsp3) is 0.576. The van der Waals surface area contributed by atoms with Gasteiger partial charge in [-0.05, 0) is 66.5 Å². The molecular formula is C33H47NO3. The molecule has 0 amide bonds. The summed E-state index contributed by atoms with van der Waals surface area (Å²) in [5, 5.41) is 8.92. The van der Waals surface area contributed by atoms with Crippen molar-refractivity contribution in [3.63, 3.8) is 0 Å². The van der Waals surface area contributed by atoms with Crippen LogP contribution in [0.25, 0.3) is 11.1 Å². The first-order valence-corrected chi connectivity index (χ1v) is 14.3. The maximum Gasteiger partial charge on any atom is 0.309 e. The van der Waals surface area contributed by atoms with Gasteiger partial charge in [-0.3, -0.25) is 4.79 Å². The Hall–Kier alpha value is -2.80. The third kappa shape index (κ3) is 12.3. The van der Waals surface area contributed by atoms with E-state index in [9.17, 15) is 4.79 Å². The quantitative estimate of drug-likeness (QED) is 0.150. The second-order valence-electron chi connectivity index (χ2n) is 10.9. The molecule has 2 rings (SSSR count). The van der Waals surface area contributed by atoms with Crippen molar-refractivity contribution in [2.24, 2.45) is 17.8 Å². The zero-order valence-corrected chi connectivity index (χ0v) is 23.5. The van der Waals surface area contributed by atoms with Crippen molar-refractivity contribution in [1.29, 1.82) is 5.26 Å². The standard InChI is InChI=1S/C33H47NO3/c1-26(2)24-32(27(3)4)33(35)37-23-13-11-9-7-5-6-8-10-12-22-36-31-20-18-30(19-21-31)29-16-14-28(25-34)15-17-29/h14-21,26-27,32H,5-13,22-24H2,1-4H3. The van der Waals surface area contributed by atoms with Gasteiger partial charge in [0.05, 0.1) is 30.8 Å². The zero-order chi connectivity index (χ0) is 26.9. The average molecular weight is 506 g/mol. The van der Waals surface area contributed by atoms with Crippen molar-refractivity contribution in [3.05, 3.63) is 54.1 Å². The van der Waals surface area contributed by atoms with Crippen LogP contribution in [-0.4, -0.2) is 19.2 Å². The number of ether oxygens (including phenoxy) is 2. The molecular weight excluding hydrogens is 458 g/mol. The summed E-state index contributed by atoms with van der Waals surface area (Å²) in [7, 11) is 0. The van der Waals surface area contributed by atoms with E-state index >= 15 is 0 Å². The smallest absolute Gasteiger partial charge is 0.309 e. The lowest BCUT2D eigenvalue weighted by atomic mass is 9.88. The van der Waals surface area contributed by atoms with Crippen LogP contribution in [0.5, 0.6) is 5.75 Å². The van der Waals surface area contributed by atoms with Crippen LogP contribution in [0.2, 0.25) is 0 Å². The minimum Gasteiger partial charge on any atom is -0.494 e. The third-order valence-electron chi connectivity index (χ3n) is 6.84. The summed E-state index contributed by atoms with van der Waals surface area (Å²) in [6, 6.07) is 18.0. The number of nitrogens with zero attached hydrogens (tertiary/aromatic N) is 1. The van der Waals surface area contributed by atoms with Crippen LogP contribution in [0.4, 0.5) is 0 Å². The molecule has 0 bridgehead atoms. The fourth-order valence-electron chi connectivity index (χ4n) is 4.54. The highest BCUT2D eigenvalue weighted by Gasteiger charge is 2.24. The van der Waals surface area contributed by atoms with Gasteiger partial charge in [-0.25, -0.2) is 0 Å². The molecule has 2 aromatic rings. The molecule has 2 aromatic carbocycles. The van der Waals surface area contributed by atoms with E-state index in [1.807, 2.05) is 36.4 Å². The van der Waals surface area contributed by atoms with Crippen LogP contribution in [0.3, 0.4) is 0 Å². The summed E-state index contributed by atoms with van der Waals surface area (Å²) in [5.74, 6) is 1.79. The van der Waals surface area contributed by atoms with Crippen molar-refractivity contribution < 1.29 is 14.3 Å². The topological polar surface area (TPSA) is 59.3 Å². The number of hydrogen-bond acceptors (Lipinski definition) is 4. The van der Waals surface area contributed by atoms with E-state index in [1.54, 1.807) is 0 Å². The van der Waals surface area contributed by atoms with E-state index in [2.05, 4.69) is 45.9 Å². The third-order valence-corrected chi connectivity index (χ3v) is 6.84. The summed E-state index contributed by atoms with van der Waals surface area (Å²) in [6.45, 7) is 9.87. The number of unbranched alkanes of at least 4 members (excludes halogenated alkanes) is 8. The summed E-state index contributed by atoms with van der Waals surface area (Å²) in [6.07, 6.45) is 11.6. The van der Waals surface area contributed by atoms with Gasteiger partial charge in [0.15, 0.2) is 0 Å². The van der Waals surface area contributed by atoms with Gasteiger partial charge in [-0.1, -0.05) is 96.9 Å². The normalized spacial score (nSPS) is 11.9. The van der Waals surface area contributed by atoms with E-state index in [-0.39, 0.29) is 11.9 Å². The Kier molecular flexibility index (Phi) is 14.5. The molecule has 202 valence electrons. The Morgan fingerprint density at radius 1 is 0.730 bits per heavy atom. The lowest BCUT2D eigenvalue weighted by Crippen LogP contribution is -2.24. The monoisotopic (exact) mass is 505 g/mol. The highest BCUT2D eigenvalue weighted by Crippen LogP contribution is 2.24. The van der Waals surface area contributed by atoms with E-state index in [0.29, 0.717) is 24.0 Å². The molecule has 0 aliphatic rings. The molecule has 0 spiro atoms. The number of hydrogen-bond donors (Lipinski definition) is 0. The molecule has 0 N–H and O–H groups in total. The molecule has 0 aliphatic carbocycles. The fourth-order valence-corrected chi connectivity index (χ4v) is 4.54. The predicted molar refractivity (Wildman–Crippen MR) is 152 cm³/mol. The number of carbonyl (C=O) groups excluding carboxylic acids is 1. The lowest BCUT2D eigenvalue weighted by molar-refractivity contribution is -0.151. The Balaban J connectivity index is 1.44. The van der Waals surface area contributed by atoms with Gasteiger partial charge in [-0.2, -0.15) is 5.26 Å². The molecule has 0 heterocycles.